The molecule has 2 aliphatic rings. The van der Waals surface area contributed by atoms with Crippen molar-refractivity contribution in [1.82, 2.24) is 0 Å². The van der Waals surface area contributed by atoms with E-state index in [1.807, 2.05) is 0 Å². The highest BCUT2D eigenvalue weighted by Gasteiger charge is 2.37. The van der Waals surface area contributed by atoms with Crippen LogP contribution in [0.5, 0.6) is 5.75 Å². The zero-order valence-electron chi connectivity index (χ0n) is 19.6. The third-order valence-electron chi connectivity index (χ3n) is 7.02. The summed E-state index contributed by atoms with van der Waals surface area (Å²) in [7, 11) is 1.75. The lowest BCUT2D eigenvalue weighted by atomic mass is 9.85. The van der Waals surface area contributed by atoms with Crippen molar-refractivity contribution < 1.29 is 4.74 Å². The molecular formula is C27H44N2O. The highest BCUT2D eigenvalue weighted by atomic mass is 16.5. The van der Waals surface area contributed by atoms with Crippen LogP contribution in [-0.2, 0) is 0 Å². The van der Waals surface area contributed by atoms with Crippen molar-refractivity contribution in [2.45, 2.75) is 115 Å². The minimum absolute atomic E-state index is 0.415. The second-order valence-corrected chi connectivity index (χ2v) is 9.34. The van der Waals surface area contributed by atoms with E-state index < -0.39 is 0 Å². The first-order chi connectivity index (χ1) is 14.8. The van der Waals surface area contributed by atoms with Crippen LogP contribution in [0.25, 0.3) is 0 Å². The first-order valence-corrected chi connectivity index (χ1v) is 12.8. The first kappa shape index (κ1) is 23.2. The van der Waals surface area contributed by atoms with Crippen molar-refractivity contribution >= 4 is 11.4 Å². The number of fused-ring (bicyclic) bond motifs is 3. The quantitative estimate of drug-likeness (QED) is 0.297. The number of nitrogens with one attached hydrogen (secondary N) is 1. The predicted molar refractivity (Wildman–Crippen MR) is 130 cm³/mol. The lowest BCUT2D eigenvalue weighted by Crippen LogP contribution is -2.34. The molecule has 0 radical (unpaired) electrons. The Balaban J connectivity index is 1.25. The molecule has 3 nitrogen and oxygen atoms in total. The molecule has 2 atom stereocenters. The van der Waals surface area contributed by atoms with Crippen LogP contribution < -0.4 is 10.1 Å². The van der Waals surface area contributed by atoms with E-state index in [0.717, 1.165) is 25.1 Å². The molecule has 0 aromatic heterocycles. The van der Waals surface area contributed by atoms with Crippen LogP contribution in [0.1, 0.15) is 115 Å². The maximum Gasteiger partial charge on any atom is 0.119 e. The van der Waals surface area contributed by atoms with Gasteiger partial charge in [-0.1, -0.05) is 84.0 Å². The van der Waals surface area contributed by atoms with Gasteiger partial charge in [0.2, 0.25) is 0 Å². The zero-order chi connectivity index (χ0) is 21.0. The van der Waals surface area contributed by atoms with Crippen molar-refractivity contribution in [1.29, 1.82) is 0 Å². The molecule has 30 heavy (non-hydrogen) atoms. The van der Waals surface area contributed by atoms with Crippen molar-refractivity contribution in [3.05, 3.63) is 23.8 Å². The van der Waals surface area contributed by atoms with Crippen LogP contribution in [0, 0.1) is 0 Å². The van der Waals surface area contributed by atoms with Crippen molar-refractivity contribution in [3.63, 3.8) is 0 Å². The van der Waals surface area contributed by atoms with Gasteiger partial charge in [0, 0.05) is 23.9 Å². The summed E-state index contributed by atoms with van der Waals surface area (Å²) in [6.07, 6.45) is 20.7. The zero-order valence-corrected chi connectivity index (χ0v) is 19.6. The second-order valence-electron chi connectivity index (χ2n) is 9.34. The fourth-order valence-corrected chi connectivity index (χ4v) is 5.20. The van der Waals surface area contributed by atoms with Gasteiger partial charge in [-0.25, -0.2) is 0 Å². The number of benzene rings is 1. The molecule has 0 saturated carbocycles. The molecule has 1 aromatic rings. The molecule has 168 valence electrons. The maximum atomic E-state index is 5.44. The summed E-state index contributed by atoms with van der Waals surface area (Å²) < 4.78 is 5.44. The molecule has 1 N–H and O–H groups in total. The molecule has 0 aliphatic carbocycles. The molecule has 2 heterocycles. The Hall–Kier alpha value is -1.51. The molecule has 0 unspecified atom stereocenters. The Morgan fingerprint density at radius 2 is 1.53 bits per heavy atom. The highest BCUT2D eigenvalue weighted by Crippen LogP contribution is 2.42. The third-order valence-corrected chi connectivity index (χ3v) is 7.02. The fraction of sp³-hybridized carbons (Fsp3) is 0.741. The van der Waals surface area contributed by atoms with Gasteiger partial charge in [0.1, 0.15) is 5.75 Å². The molecule has 1 aromatic carbocycles. The van der Waals surface area contributed by atoms with E-state index in [1.54, 1.807) is 7.11 Å². The Morgan fingerprint density at radius 1 is 0.900 bits per heavy atom. The Morgan fingerprint density at radius 3 is 2.17 bits per heavy atom. The molecule has 0 saturated heterocycles. The lowest BCUT2D eigenvalue weighted by Gasteiger charge is -2.26. The number of nitrogens with zero attached hydrogens (tertiary/aromatic N) is 1. The summed E-state index contributed by atoms with van der Waals surface area (Å²) >= 11 is 0. The molecule has 3 heteroatoms. The summed E-state index contributed by atoms with van der Waals surface area (Å²) in [4.78, 5) is 4.91. The number of rotatable bonds is 15. The van der Waals surface area contributed by atoms with Gasteiger partial charge in [0.25, 0.3) is 0 Å². The largest absolute Gasteiger partial charge is 0.497 e. The van der Waals surface area contributed by atoms with Crippen LogP contribution in [0.4, 0.5) is 5.69 Å². The second kappa shape index (κ2) is 13.0. The Kier molecular flexibility index (Phi) is 10.1. The van der Waals surface area contributed by atoms with E-state index in [-0.39, 0.29) is 0 Å². The molecule has 0 bridgehead atoms. The van der Waals surface area contributed by atoms with E-state index in [0.29, 0.717) is 12.0 Å². The van der Waals surface area contributed by atoms with E-state index in [9.17, 15) is 0 Å². The third kappa shape index (κ3) is 6.75. The monoisotopic (exact) mass is 412 g/mol. The SMILES string of the molecule is CCCCCCCCCCCCCCCC1=NCC[C@@H]2c3cc(OC)ccc3N[C@@H]12. The number of anilines is 1. The smallest absolute Gasteiger partial charge is 0.119 e. The van der Waals surface area contributed by atoms with Gasteiger partial charge >= 0.3 is 0 Å². The first-order valence-electron chi connectivity index (χ1n) is 12.8. The summed E-state index contributed by atoms with van der Waals surface area (Å²) in [5, 5.41) is 3.75. The average Bonchev–Trinajstić information content (AvgIpc) is 3.15. The van der Waals surface area contributed by atoms with E-state index in [2.05, 4.69) is 30.4 Å². The lowest BCUT2D eigenvalue weighted by molar-refractivity contribution is 0.414. The van der Waals surface area contributed by atoms with E-state index in [1.165, 1.54) is 100 Å². The van der Waals surface area contributed by atoms with Gasteiger partial charge in [0.05, 0.1) is 13.2 Å². The van der Waals surface area contributed by atoms with Gasteiger partial charge in [-0.3, -0.25) is 4.99 Å². The van der Waals surface area contributed by atoms with Crippen LogP contribution in [0.2, 0.25) is 0 Å². The summed E-state index contributed by atoms with van der Waals surface area (Å²) in [6, 6.07) is 6.88. The topological polar surface area (TPSA) is 33.6 Å². The van der Waals surface area contributed by atoms with Crippen molar-refractivity contribution in [3.8, 4) is 5.75 Å². The van der Waals surface area contributed by atoms with Gasteiger partial charge in [-0.05, 0) is 43.0 Å². The minimum Gasteiger partial charge on any atom is -0.497 e. The Bertz CT molecular complexity index is 654. The Labute approximate surface area is 185 Å². The summed E-state index contributed by atoms with van der Waals surface area (Å²) in [5.41, 5.74) is 4.12. The average molecular weight is 413 g/mol. The summed E-state index contributed by atoms with van der Waals surface area (Å²) in [5.74, 6) is 1.54. The number of methoxy groups -OCH3 is 1. The molecule has 0 amide bonds. The van der Waals surface area contributed by atoms with Crippen molar-refractivity contribution in [2.24, 2.45) is 4.99 Å². The number of aliphatic imine (C=N–C) groups is 1. The fourth-order valence-electron chi connectivity index (χ4n) is 5.20. The van der Waals surface area contributed by atoms with E-state index >= 15 is 0 Å². The minimum atomic E-state index is 0.415. The molecule has 0 spiro atoms. The molecule has 2 aliphatic heterocycles. The normalized spacial score (nSPS) is 19.7. The standard InChI is InChI=1S/C27H44N2O/c1-3-4-5-6-7-8-9-10-11-12-13-14-15-16-26-27-23(19-20-28-26)24-21-22(30-2)17-18-25(24)29-27/h17-18,21,23,27,29H,3-16,19-20H2,1-2H3/t23-,27-/m1/s1. The molecule has 3 rings (SSSR count). The molecular weight excluding hydrogens is 368 g/mol. The van der Waals surface area contributed by atoms with Gasteiger partial charge < -0.3 is 10.1 Å². The number of hydrogen-bond donors (Lipinski definition) is 1. The molecule has 0 fully saturated rings. The predicted octanol–water partition coefficient (Wildman–Crippen LogP) is 7.90. The van der Waals surface area contributed by atoms with Gasteiger partial charge in [-0.15, -0.1) is 0 Å². The van der Waals surface area contributed by atoms with Gasteiger partial charge in [-0.2, -0.15) is 0 Å². The number of unbranched alkanes of at least 4 members (excludes halogenated alkanes) is 12. The summed E-state index contributed by atoms with van der Waals surface area (Å²) in [6.45, 7) is 3.27. The van der Waals surface area contributed by atoms with Crippen LogP contribution in [0.15, 0.2) is 23.2 Å². The number of ether oxygens (including phenoxy) is 1. The maximum absolute atomic E-state index is 5.44. The van der Waals surface area contributed by atoms with Crippen LogP contribution in [-0.4, -0.2) is 25.4 Å². The van der Waals surface area contributed by atoms with Crippen LogP contribution in [0.3, 0.4) is 0 Å². The highest BCUT2D eigenvalue weighted by molar-refractivity contribution is 5.95. The van der Waals surface area contributed by atoms with E-state index in [4.69, 9.17) is 9.73 Å². The van der Waals surface area contributed by atoms with Crippen LogP contribution >= 0.6 is 0 Å². The van der Waals surface area contributed by atoms with Crippen molar-refractivity contribution in [2.75, 3.05) is 19.0 Å². The number of hydrogen-bond acceptors (Lipinski definition) is 3. The van der Waals surface area contributed by atoms with Gasteiger partial charge in [0.15, 0.2) is 0 Å².